The maximum atomic E-state index is 12.1. The molecule has 0 aliphatic heterocycles. The molecule has 2 rings (SSSR count). The third-order valence-corrected chi connectivity index (χ3v) is 2.96. The van der Waals surface area contributed by atoms with Crippen LogP contribution in [0.1, 0.15) is 5.56 Å². The highest BCUT2D eigenvalue weighted by molar-refractivity contribution is 8.10. The SMILES string of the molecule is [O-]/[N+](=C\c1ccccc1OC(=S)S)c1ccccc1Cl. The van der Waals surface area contributed by atoms with Crippen molar-refractivity contribution in [2.24, 2.45) is 0 Å². The molecule has 0 unspecified atom stereocenters. The fourth-order valence-electron chi connectivity index (χ4n) is 1.60. The summed E-state index contributed by atoms with van der Waals surface area (Å²) >= 11 is 14.7. The molecule has 2 aromatic rings. The predicted octanol–water partition coefficient (Wildman–Crippen LogP) is 4.19. The van der Waals surface area contributed by atoms with Gasteiger partial charge in [-0.2, -0.15) is 4.74 Å². The Kier molecular flexibility index (Phi) is 5.00. The van der Waals surface area contributed by atoms with E-state index in [0.29, 0.717) is 26.8 Å². The van der Waals surface area contributed by atoms with Crippen molar-refractivity contribution in [3.8, 4) is 5.75 Å². The summed E-state index contributed by atoms with van der Waals surface area (Å²) in [6.45, 7) is 0. The summed E-state index contributed by atoms with van der Waals surface area (Å²) in [6, 6.07) is 13.8. The predicted molar refractivity (Wildman–Crippen MR) is 88.6 cm³/mol. The molecule has 0 aromatic heterocycles. The Labute approximate surface area is 132 Å². The van der Waals surface area contributed by atoms with Crippen molar-refractivity contribution in [3.05, 3.63) is 64.3 Å². The van der Waals surface area contributed by atoms with Gasteiger partial charge in [0, 0.05) is 6.07 Å². The lowest BCUT2D eigenvalue weighted by molar-refractivity contribution is -0.354. The van der Waals surface area contributed by atoms with Gasteiger partial charge >= 0.3 is 0 Å². The van der Waals surface area contributed by atoms with E-state index in [2.05, 4.69) is 12.6 Å². The van der Waals surface area contributed by atoms with E-state index in [1.807, 2.05) is 0 Å². The van der Waals surface area contributed by atoms with Crippen LogP contribution < -0.4 is 4.74 Å². The largest absolute Gasteiger partial charge is 0.618 e. The first-order chi connectivity index (χ1) is 9.58. The van der Waals surface area contributed by atoms with Gasteiger partial charge in [0.05, 0.1) is 5.56 Å². The van der Waals surface area contributed by atoms with Gasteiger partial charge in [-0.15, -0.1) is 0 Å². The molecule has 0 fully saturated rings. The molecule has 0 saturated heterocycles. The molecule has 0 N–H and O–H groups in total. The lowest BCUT2D eigenvalue weighted by atomic mass is 10.2. The Bertz CT molecular complexity index is 674. The fourth-order valence-corrected chi connectivity index (χ4v) is 2.01. The first-order valence-corrected chi connectivity index (χ1v) is 6.87. The molecule has 2 aromatic carbocycles. The van der Waals surface area contributed by atoms with Crippen molar-refractivity contribution < 1.29 is 9.48 Å². The molecule has 0 aliphatic carbocycles. The monoisotopic (exact) mass is 323 g/mol. The van der Waals surface area contributed by atoms with Crippen LogP contribution >= 0.6 is 36.4 Å². The summed E-state index contributed by atoms with van der Waals surface area (Å²) in [5.74, 6) is 0.459. The van der Waals surface area contributed by atoms with E-state index in [4.69, 9.17) is 28.6 Å². The van der Waals surface area contributed by atoms with Gasteiger partial charge in [-0.1, -0.05) is 48.5 Å². The van der Waals surface area contributed by atoms with Crippen LogP contribution in [0.4, 0.5) is 5.69 Å². The lowest BCUT2D eigenvalue weighted by Crippen LogP contribution is -2.04. The molecule has 0 aliphatic rings. The summed E-state index contributed by atoms with van der Waals surface area (Å²) in [7, 11) is 0. The van der Waals surface area contributed by atoms with Crippen molar-refractivity contribution in [3.63, 3.8) is 0 Å². The van der Waals surface area contributed by atoms with Gasteiger partial charge in [0.25, 0.3) is 0 Å². The quantitative estimate of drug-likeness (QED) is 0.230. The Morgan fingerprint density at radius 3 is 2.55 bits per heavy atom. The number of benzene rings is 2. The molecule has 102 valence electrons. The van der Waals surface area contributed by atoms with E-state index in [1.54, 1.807) is 48.5 Å². The van der Waals surface area contributed by atoms with E-state index in [9.17, 15) is 5.21 Å². The van der Waals surface area contributed by atoms with Gasteiger partial charge in [0.2, 0.25) is 10.1 Å². The summed E-state index contributed by atoms with van der Waals surface area (Å²) in [5, 5.41) is 12.5. The first kappa shape index (κ1) is 14.8. The van der Waals surface area contributed by atoms with Gasteiger partial charge in [-0.3, -0.25) is 0 Å². The summed E-state index contributed by atoms with van der Waals surface area (Å²) in [6.07, 6.45) is 1.38. The molecule has 3 nitrogen and oxygen atoms in total. The van der Waals surface area contributed by atoms with E-state index in [1.165, 1.54) is 6.21 Å². The van der Waals surface area contributed by atoms with Crippen LogP contribution in [0.2, 0.25) is 5.02 Å². The van der Waals surface area contributed by atoms with Gasteiger partial charge < -0.3 is 9.94 Å². The van der Waals surface area contributed by atoms with E-state index >= 15 is 0 Å². The number of hydrogen-bond donors (Lipinski definition) is 1. The first-order valence-electron chi connectivity index (χ1n) is 5.63. The minimum Gasteiger partial charge on any atom is -0.618 e. The lowest BCUT2D eigenvalue weighted by Gasteiger charge is -2.07. The van der Waals surface area contributed by atoms with Crippen LogP contribution in [0.5, 0.6) is 5.75 Å². The maximum absolute atomic E-state index is 12.1. The Balaban J connectivity index is 2.40. The highest BCUT2D eigenvalue weighted by atomic mass is 35.5. The van der Waals surface area contributed by atoms with Crippen molar-refractivity contribution in [2.75, 3.05) is 0 Å². The van der Waals surface area contributed by atoms with Crippen molar-refractivity contribution in [1.82, 2.24) is 0 Å². The van der Waals surface area contributed by atoms with Crippen LogP contribution in [0.3, 0.4) is 0 Å². The average molecular weight is 324 g/mol. The molecular formula is C14H10ClNO2S2. The standard InChI is InChI=1S/C14H10ClNO2S2/c15-11-6-2-3-7-12(11)16(17)9-10-5-1-4-8-13(10)18-14(19)20/h1-9H,(H,19,20)/b16-9-. The van der Waals surface area contributed by atoms with Gasteiger partial charge in [0.15, 0.2) is 6.21 Å². The second kappa shape index (κ2) is 6.74. The number of rotatable bonds is 3. The number of hydrogen-bond acceptors (Lipinski definition) is 3. The second-order valence-electron chi connectivity index (χ2n) is 3.81. The Hall–Kier alpha value is -1.56. The van der Waals surface area contributed by atoms with Crippen molar-refractivity contribution in [1.29, 1.82) is 0 Å². The number of para-hydroxylation sites is 2. The van der Waals surface area contributed by atoms with Crippen LogP contribution in [-0.4, -0.2) is 15.3 Å². The molecule has 0 heterocycles. The van der Waals surface area contributed by atoms with Crippen molar-refractivity contribution in [2.45, 2.75) is 0 Å². The fraction of sp³-hybridized carbons (Fsp3) is 0. The maximum Gasteiger partial charge on any atom is 0.235 e. The van der Waals surface area contributed by atoms with E-state index < -0.39 is 0 Å². The summed E-state index contributed by atoms with van der Waals surface area (Å²) in [4.78, 5) is 0. The van der Waals surface area contributed by atoms with E-state index in [-0.39, 0.29) is 4.38 Å². The summed E-state index contributed by atoms with van der Waals surface area (Å²) < 4.78 is 6.05. The third-order valence-electron chi connectivity index (χ3n) is 2.46. The minimum absolute atomic E-state index is 0.0843. The molecule has 0 saturated carbocycles. The number of thiocarbonyl (C=S) groups is 1. The summed E-state index contributed by atoms with van der Waals surface area (Å²) in [5.41, 5.74) is 0.941. The normalized spacial score (nSPS) is 11.2. The van der Waals surface area contributed by atoms with Crippen LogP contribution in [0.25, 0.3) is 0 Å². The topological polar surface area (TPSA) is 35.3 Å². The van der Waals surface area contributed by atoms with Gasteiger partial charge in [-0.05, 0) is 30.4 Å². The Morgan fingerprint density at radius 2 is 1.85 bits per heavy atom. The zero-order chi connectivity index (χ0) is 14.5. The second-order valence-corrected chi connectivity index (χ2v) is 5.30. The number of thiol groups is 1. The molecule has 0 amide bonds. The van der Waals surface area contributed by atoms with Crippen LogP contribution in [-0.2, 0) is 0 Å². The number of halogens is 1. The smallest absolute Gasteiger partial charge is 0.235 e. The Morgan fingerprint density at radius 1 is 1.20 bits per heavy atom. The van der Waals surface area contributed by atoms with E-state index in [0.717, 1.165) is 0 Å². The van der Waals surface area contributed by atoms with Crippen LogP contribution in [0, 0.1) is 5.21 Å². The number of ether oxygens (including phenoxy) is 1. The van der Waals surface area contributed by atoms with Crippen LogP contribution in [0.15, 0.2) is 48.5 Å². The molecule has 6 heteroatoms. The van der Waals surface area contributed by atoms with Gasteiger partial charge in [0.1, 0.15) is 10.8 Å². The molecule has 20 heavy (non-hydrogen) atoms. The van der Waals surface area contributed by atoms with Gasteiger partial charge in [-0.25, -0.2) is 0 Å². The third kappa shape index (κ3) is 3.72. The highest BCUT2D eigenvalue weighted by Crippen LogP contribution is 2.24. The molecule has 0 bridgehead atoms. The highest BCUT2D eigenvalue weighted by Gasteiger charge is 2.10. The molecule has 0 radical (unpaired) electrons. The molecular weight excluding hydrogens is 314 g/mol. The zero-order valence-corrected chi connectivity index (χ0v) is 12.7. The zero-order valence-electron chi connectivity index (χ0n) is 10.2. The minimum atomic E-state index is 0.0843. The van der Waals surface area contributed by atoms with Crippen molar-refractivity contribution >= 4 is 52.7 Å². The molecule has 0 atom stereocenters. The number of nitrogens with zero attached hydrogens (tertiary/aromatic N) is 1. The molecule has 0 spiro atoms. The average Bonchev–Trinajstić information content (AvgIpc) is 2.41.